The van der Waals surface area contributed by atoms with Gasteiger partial charge in [-0.2, -0.15) is 0 Å². The fraction of sp³-hybridized carbons (Fsp3) is 0.176. The third-order valence-corrected chi connectivity index (χ3v) is 3.88. The topological polar surface area (TPSA) is 37.8 Å². The van der Waals surface area contributed by atoms with Gasteiger partial charge in [0.1, 0.15) is 5.82 Å². The van der Waals surface area contributed by atoms with Crippen LogP contribution in [0.15, 0.2) is 48.5 Å². The summed E-state index contributed by atoms with van der Waals surface area (Å²) in [5.41, 5.74) is 1.35. The Morgan fingerprint density at radius 1 is 1.00 bits per heavy atom. The lowest BCUT2D eigenvalue weighted by atomic mass is 10.1. The van der Waals surface area contributed by atoms with Crippen molar-refractivity contribution in [2.75, 3.05) is 5.32 Å². The van der Waals surface area contributed by atoms with Crippen LogP contribution in [0, 0.1) is 0 Å². The van der Waals surface area contributed by atoms with Gasteiger partial charge in [0.25, 0.3) is 6.43 Å². The molecule has 1 aromatic heterocycles. The van der Waals surface area contributed by atoms with Gasteiger partial charge >= 0.3 is 0 Å². The monoisotopic (exact) mass is 333 g/mol. The molecule has 2 aromatic carbocycles. The number of para-hydroxylation sites is 1. The highest BCUT2D eigenvalue weighted by molar-refractivity contribution is 6.31. The number of halogens is 3. The van der Waals surface area contributed by atoms with Gasteiger partial charge < -0.3 is 5.32 Å². The molecule has 0 aliphatic rings. The van der Waals surface area contributed by atoms with Gasteiger partial charge in [0.15, 0.2) is 5.82 Å². The Hall–Kier alpha value is -2.27. The van der Waals surface area contributed by atoms with Crippen molar-refractivity contribution in [1.29, 1.82) is 0 Å². The first-order valence-electron chi connectivity index (χ1n) is 7.12. The van der Waals surface area contributed by atoms with E-state index in [1.807, 2.05) is 31.2 Å². The molecule has 0 amide bonds. The molecule has 0 spiro atoms. The molecule has 0 aliphatic heterocycles. The fourth-order valence-corrected chi connectivity index (χ4v) is 2.71. The normalized spacial score (nSPS) is 12.6. The molecule has 1 unspecified atom stereocenters. The average Bonchev–Trinajstić information content (AvgIpc) is 2.55. The lowest BCUT2D eigenvalue weighted by Crippen LogP contribution is -2.11. The molecule has 0 fully saturated rings. The van der Waals surface area contributed by atoms with Crippen molar-refractivity contribution in [3.63, 3.8) is 0 Å². The molecule has 1 heterocycles. The molecule has 0 saturated heterocycles. The van der Waals surface area contributed by atoms with Crippen molar-refractivity contribution >= 4 is 28.3 Å². The van der Waals surface area contributed by atoms with Crippen LogP contribution in [-0.2, 0) is 0 Å². The van der Waals surface area contributed by atoms with E-state index in [0.29, 0.717) is 21.7 Å². The van der Waals surface area contributed by atoms with E-state index in [-0.39, 0.29) is 6.04 Å². The van der Waals surface area contributed by atoms with Crippen molar-refractivity contribution in [3.8, 4) is 0 Å². The zero-order valence-electron chi connectivity index (χ0n) is 12.3. The summed E-state index contributed by atoms with van der Waals surface area (Å²) in [5.74, 6) is -0.115. The molecule has 0 bridgehead atoms. The standard InChI is InChI=1S/C17H14ClF2N3/c1-10(11-6-2-4-8-13(11)18)21-16-12-7-3-5-9-14(12)22-17(23-16)15(19)20/h2-10,15H,1H3,(H,21,22,23). The molecule has 23 heavy (non-hydrogen) atoms. The fourth-order valence-electron chi connectivity index (χ4n) is 2.41. The predicted octanol–water partition coefficient (Wildman–Crippen LogP) is 5.39. The summed E-state index contributed by atoms with van der Waals surface area (Å²) in [6.45, 7) is 1.90. The van der Waals surface area contributed by atoms with Gasteiger partial charge in [0.05, 0.1) is 11.6 Å². The lowest BCUT2D eigenvalue weighted by molar-refractivity contribution is 0.141. The molecule has 6 heteroatoms. The van der Waals surface area contributed by atoms with Crippen molar-refractivity contribution < 1.29 is 8.78 Å². The largest absolute Gasteiger partial charge is 0.363 e. The summed E-state index contributed by atoms with van der Waals surface area (Å²) >= 11 is 6.19. The first kappa shape index (κ1) is 15.6. The zero-order chi connectivity index (χ0) is 16.4. The molecule has 0 radical (unpaired) electrons. The number of aromatic nitrogens is 2. The molecule has 3 nitrogen and oxygen atoms in total. The van der Waals surface area contributed by atoms with E-state index in [2.05, 4.69) is 15.3 Å². The number of hydrogen-bond acceptors (Lipinski definition) is 3. The quantitative estimate of drug-likeness (QED) is 0.695. The highest BCUT2D eigenvalue weighted by Crippen LogP contribution is 2.29. The van der Waals surface area contributed by atoms with Crippen LogP contribution in [0.1, 0.15) is 30.8 Å². The second kappa shape index (κ2) is 6.46. The summed E-state index contributed by atoms with van der Waals surface area (Å²) in [6.07, 6.45) is -2.73. The first-order chi connectivity index (χ1) is 11.1. The van der Waals surface area contributed by atoms with Crippen molar-refractivity contribution in [2.24, 2.45) is 0 Å². The van der Waals surface area contributed by atoms with Crippen LogP contribution in [-0.4, -0.2) is 9.97 Å². The summed E-state index contributed by atoms with van der Waals surface area (Å²) in [6, 6.07) is 14.3. The van der Waals surface area contributed by atoms with E-state index < -0.39 is 12.2 Å². The summed E-state index contributed by atoms with van der Waals surface area (Å²) in [4.78, 5) is 7.89. The Kier molecular flexibility index (Phi) is 4.39. The number of nitrogens with one attached hydrogen (secondary N) is 1. The third-order valence-electron chi connectivity index (χ3n) is 3.54. The number of fused-ring (bicyclic) bond motifs is 1. The van der Waals surface area contributed by atoms with Gasteiger partial charge in [-0.1, -0.05) is 41.9 Å². The highest BCUT2D eigenvalue weighted by atomic mass is 35.5. The molecule has 118 valence electrons. The van der Waals surface area contributed by atoms with Crippen LogP contribution < -0.4 is 5.32 Å². The molecule has 0 saturated carbocycles. The first-order valence-corrected chi connectivity index (χ1v) is 7.50. The Morgan fingerprint density at radius 2 is 1.70 bits per heavy atom. The highest BCUT2D eigenvalue weighted by Gasteiger charge is 2.17. The zero-order valence-corrected chi connectivity index (χ0v) is 13.1. The smallest absolute Gasteiger partial charge is 0.297 e. The SMILES string of the molecule is CC(Nc1nc(C(F)F)nc2ccccc12)c1ccccc1Cl. The summed E-state index contributed by atoms with van der Waals surface area (Å²) in [7, 11) is 0. The lowest BCUT2D eigenvalue weighted by Gasteiger charge is -2.18. The second-order valence-corrected chi connectivity index (χ2v) is 5.54. The molecule has 0 aliphatic carbocycles. The summed E-state index contributed by atoms with van der Waals surface area (Å²) in [5, 5.41) is 4.47. The number of alkyl halides is 2. The molecule has 1 atom stereocenters. The van der Waals surface area contributed by atoms with Gasteiger partial charge in [-0.05, 0) is 30.7 Å². The molecule has 3 aromatic rings. The maximum absolute atomic E-state index is 13.0. The number of benzene rings is 2. The van der Waals surface area contributed by atoms with E-state index in [1.54, 1.807) is 24.3 Å². The van der Waals surface area contributed by atoms with Gasteiger partial charge in [0, 0.05) is 10.4 Å². The van der Waals surface area contributed by atoms with Gasteiger partial charge in [-0.25, -0.2) is 18.7 Å². The van der Waals surface area contributed by atoms with Crippen molar-refractivity contribution in [3.05, 3.63) is 64.9 Å². The van der Waals surface area contributed by atoms with Crippen LogP contribution in [0.3, 0.4) is 0 Å². The van der Waals surface area contributed by atoms with Crippen LogP contribution in [0.4, 0.5) is 14.6 Å². The maximum atomic E-state index is 13.0. The van der Waals surface area contributed by atoms with Crippen LogP contribution in [0.5, 0.6) is 0 Å². The van der Waals surface area contributed by atoms with Crippen LogP contribution in [0.25, 0.3) is 10.9 Å². The Labute approximate surface area is 137 Å². The number of rotatable bonds is 4. The molecular weight excluding hydrogens is 320 g/mol. The molecular formula is C17H14ClF2N3. The minimum atomic E-state index is -2.73. The van der Waals surface area contributed by atoms with Crippen molar-refractivity contribution in [2.45, 2.75) is 19.4 Å². The Bertz CT molecular complexity index is 839. The average molecular weight is 334 g/mol. The van der Waals surface area contributed by atoms with E-state index in [4.69, 9.17) is 11.6 Å². The summed E-state index contributed by atoms with van der Waals surface area (Å²) < 4.78 is 26.1. The van der Waals surface area contributed by atoms with Gasteiger partial charge in [-0.15, -0.1) is 0 Å². The van der Waals surface area contributed by atoms with Crippen molar-refractivity contribution in [1.82, 2.24) is 9.97 Å². The van der Waals surface area contributed by atoms with E-state index >= 15 is 0 Å². The van der Waals surface area contributed by atoms with Crippen LogP contribution >= 0.6 is 11.6 Å². The number of nitrogens with zero attached hydrogens (tertiary/aromatic N) is 2. The Balaban J connectivity index is 2.03. The minimum Gasteiger partial charge on any atom is -0.363 e. The van der Waals surface area contributed by atoms with E-state index in [0.717, 1.165) is 5.56 Å². The van der Waals surface area contributed by atoms with Gasteiger partial charge in [-0.3, -0.25) is 0 Å². The van der Waals surface area contributed by atoms with Gasteiger partial charge in [0.2, 0.25) is 0 Å². The minimum absolute atomic E-state index is 0.187. The third kappa shape index (κ3) is 3.24. The second-order valence-electron chi connectivity index (χ2n) is 5.14. The van der Waals surface area contributed by atoms with E-state index in [9.17, 15) is 8.78 Å². The van der Waals surface area contributed by atoms with E-state index in [1.165, 1.54) is 0 Å². The molecule has 3 rings (SSSR count). The molecule has 1 N–H and O–H groups in total. The number of anilines is 1. The van der Waals surface area contributed by atoms with Crippen LogP contribution in [0.2, 0.25) is 5.02 Å². The number of hydrogen-bond donors (Lipinski definition) is 1. The Morgan fingerprint density at radius 3 is 2.43 bits per heavy atom. The predicted molar refractivity (Wildman–Crippen MR) is 88.0 cm³/mol. The maximum Gasteiger partial charge on any atom is 0.297 e.